The van der Waals surface area contributed by atoms with Gasteiger partial charge in [-0.3, -0.25) is 4.90 Å². The first-order valence-corrected chi connectivity index (χ1v) is 5.52. The van der Waals surface area contributed by atoms with Crippen LogP contribution >= 0.6 is 15.9 Å². The summed E-state index contributed by atoms with van der Waals surface area (Å²) < 4.78 is 5.96. The summed E-state index contributed by atoms with van der Waals surface area (Å²) >= 11 is 3.32. The standard InChI is InChI=1S/C9H11BrN4O/c10-9-8(12-6-13-9)7(5-11)14-1-3-15-4-2-14/h6-7H,1-4H2,(H,12,13). The average molecular weight is 271 g/mol. The molecule has 0 amide bonds. The minimum absolute atomic E-state index is 0.272. The summed E-state index contributed by atoms with van der Waals surface area (Å²) in [6.45, 7) is 2.93. The summed E-state index contributed by atoms with van der Waals surface area (Å²) in [4.78, 5) is 9.11. The summed E-state index contributed by atoms with van der Waals surface area (Å²) in [7, 11) is 0. The molecule has 0 spiro atoms. The van der Waals surface area contributed by atoms with Gasteiger partial charge >= 0.3 is 0 Å². The Hall–Kier alpha value is -0.900. The maximum Gasteiger partial charge on any atom is 0.141 e. The number of aromatic amines is 1. The van der Waals surface area contributed by atoms with Crippen molar-refractivity contribution < 1.29 is 4.74 Å². The molecule has 1 unspecified atom stereocenters. The van der Waals surface area contributed by atoms with E-state index in [0.29, 0.717) is 17.8 Å². The van der Waals surface area contributed by atoms with E-state index in [1.54, 1.807) is 6.33 Å². The zero-order valence-corrected chi connectivity index (χ0v) is 9.70. The van der Waals surface area contributed by atoms with Crippen LogP contribution in [0.15, 0.2) is 10.9 Å². The molecule has 15 heavy (non-hydrogen) atoms. The SMILES string of the molecule is N#CC(c1[nH]cnc1Br)N1CCOCC1. The Balaban J connectivity index is 2.17. The lowest BCUT2D eigenvalue weighted by Gasteiger charge is -2.29. The van der Waals surface area contributed by atoms with Crippen LogP contribution in [-0.2, 0) is 4.74 Å². The predicted molar refractivity (Wildman–Crippen MR) is 57.0 cm³/mol. The van der Waals surface area contributed by atoms with Crippen molar-refractivity contribution in [3.63, 3.8) is 0 Å². The lowest BCUT2D eigenvalue weighted by Crippen LogP contribution is -2.38. The highest BCUT2D eigenvalue weighted by Crippen LogP contribution is 2.24. The van der Waals surface area contributed by atoms with Crippen LogP contribution in [0.1, 0.15) is 11.7 Å². The third kappa shape index (κ3) is 2.20. The van der Waals surface area contributed by atoms with Crippen LogP contribution in [0.4, 0.5) is 0 Å². The molecular formula is C9H11BrN4O. The van der Waals surface area contributed by atoms with E-state index in [9.17, 15) is 5.26 Å². The van der Waals surface area contributed by atoms with E-state index in [4.69, 9.17) is 4.74 Å². The lowest BCUT2D eigenvalue weighted by atomic mass is 10.2. The predicted octanol–water partition coefficient (Wildman–Crippen LogP) is 1.07. The first-order chi connectivity index (χ1) is 7.33. The van der Waals surface area contributed by atoms with Crippen molar-refractivity contribution in [2.75, 3.05) is 26.3 Å². The molecule has 1 aliphatic heterocycles. The molecule has 1 aromatic rings. The molecule has 0 radical (unpaired) electrons. The molecule has 6 heteroatoms. The van der Waals surface area contributed by atoms with E-state index in [2.05, 4.69) is 36.9 Å². The number of morpholine rings is 1. The first-order valence-electron chi connectivity index (χ1n) is 4.73. The summed E-state index contributed by atoms with van der Waals surface area (Å²) in [6, 6.07) is 2.01. The van der Waals surface area contributed by atoms with Gasteiger partial charge in [-0.1, -0.05) is 0 Å². The second kappa shape index (κ2) is 4.75. The number of halogens is 1. The van der Waals surface area contributed by atoms with Crippen LogP contribution in [0.25, 0.3) is 0 Å². The molecule has 0 aliphatic carbocycles. The number of ether oxygens (including phenoxy) is 1. The fourth-order valence-electron chi connectivity index (χ4n) is 1.64. The number of hydrogen-bond donors (Lipinski definition) is 1. The molecule has 80 valence electrons. The number of hydrogen-bond acceptors (Lipinski definition) is 4. The molecule has 5 nitrogen and oxygen atoms in total. The number of nitrogens with one attached hydrogen (secondary N) is 1. The Morgan fingerprint density at radius 3 is 2.87 bits per heavy atom. The fraction of sp³-hybridized carbons (Fsp3) is 0.556. The van der Waals surface area contributed by atoms with Crippen molar-refractivity contribution in [3.8, 4) is 6.07 Å². The van der Waals surface area contributed by atoms with Crippen LogP contribution in [0.2, 0.25) is 0 Å². The molecule has 1 atom stereocenters. The van der Waals surface area contributed by atoms with E-state index >= 15 is 0 Å². The molecule has 0 saturated carbocycles. The van der Waals surface area contributed by atoms with Gasteiger partial charge in [0.1, 0.15) is 10.6 Å². The van der Waals surface area contributed by atoms with Crippen molar-refractivity contribution in [2.24, 2.45) is 0 Å². The van der Waals surface area contributed by atoms with Gasteiger partial charge in [0.25, 0.3) is 0 Å². The number of aromatic nitrogens is 2. The van der Waals surface area contributed by atoms with Crippen molar-refractivity contribution in [1.29, 1.82) is 5.26 Å². The fourth-order valence-corrected chi connectivity index (χ4v) is 2.08. The topological polar surface area (TPSA) is 64.9 Å². The summed E-state index contributed by atoms with van der Waals surface area (Å²) in [5.41, 5.74) is 0.819. The molecule has 1 aromatic heterocycles. The highest BCUT2D eigenvalue weighted by atomic mass is 79.9. The number of nitriles is 1. The van der Waals surface area contributed by atoms with Crippen LogP contribution in [0.5, 0.6) is 0 Å². The van der Waals surface area contributed by atoms with E-state index in [1.807, 2.05) is 0 Å². The van der Waals surface area contributed by atoms with Gasteiger partial charge in [0, 0.05) is 13.1 Å². The zero-order valence-electron chi connectivity index (χ0n) is 8.11. The van der Waals surface area contributed by atoms with Gasteiger partial charge < -0.3 is 9.72 Å². The second-order valence-electron chi connectivity index (χ2n) is 3.29. The zero-order chi connectivity index (χ0) is 10.7. The average Bonchev–Trinajstić information content (AvgIpc) is 2.68. The van der Waals surface area contributed by atoms with Crippen LogP contribution in [0.3, 0.4) is 0 Å². The van der Waals surface area contributed by atoms with Gasteiger partial charge in [0.15, 0.2) is 0 Å². The van der Waals surface area contributed by atoms with E-state index in [1.165, 1.54) is 0 Å². The Morgan fingerprint density at radius 2 is 2.33 bits per heavy atom. The van der Waals surface area contributed by atoms with Crippen molar-refractivity contribution >= 4 is 15.9 Å². The Kier molecular flexibility index (Phi) is 3.36. The number of imidazole rings is 1. The van der Waals surface area contributed by atoms with Gasteiger partial charge in [-0.15, -0.1) is 0 Å². The van der Waals surface area contributed by atoms with Gasteiger partial charge in [-0.2, -0.15) is 5.26 Å². The Morgan fingerprint density at radius 1 is 1.60 bits per heavy atom. The molecule has 0 aromatic carbocycles. The number of nitrogens with zero attached hydrogens (tertiary/aromatic N) is 3. The molecular weight excluding hydrogens is 260 g/mol. The van der Waals surface area contributed by atoms with Gasteiger partial charge in [-0.25, -0.2) is 4.98 Å². The third-order valence-electron chi connectivity index (χ3n) is 2.43. The van der Waals surface area contributed by atoms with E-state index < -0.39 is 0 Å². The van der Waals surface area contributed by atoms with Crippen LogP contribution in [0, 0.1) is 11.3 Å². The molecule has 1 fully saturated rings. The third-order valence-corrected chi connectivity index (χ3v) is 3.06. The molecule has 2 heterocycles. The van der Waals surface area contributed by atoms with Crippen molar-refractivity contribution in [3.05, 3.63) is 16.6 Å². The molecule has 1 saturated heterocycles. The summed E-state index contributed by atoms with van der Waals surface area (Å²) in [5, 5.41) is 9.17. The lowest BCUT2D eigenvalue weighted by molar-refractivity contribution is 0.0259. The Labute approximate surface area is 96.2 Å². The van der Waals surface area contributed by atoms with Gasteiger partial charge in [0.05, 0.1) is 31.3 Å². The van der Waals surface area contributed by atoms with Gasteiger partial charge in [-0.05, 0) is 15.9 Å². The molecule has 2 rings (SSSR count). The smallest absolute Gasteiger partial charge is 0.141 e. The highest BCUT2D eigenvalue weighted by Gasteiger charge is 2.25. The monoisotopic (exact) mass is 270 g/mol. The van der Waals surface area contributed by atoms with E-state index in [-0.39, 0.29) is 6.04 Å². The van der Waals surface area contributed by atoms with Crippen molar-refractivity contribution in [2.45, 2.75) is 6.04 Å². The van der Waals surface area contributed by atoms with E-state index in [0.717, 1.165) is 18.8 Å². The maximum atomic E-state index is 9.17. The first kappa shape index (κ1) is 10.6. The number of H-pyrrole nitrogens is 1. The minimum Gasteiger partial charge on any atom is -0.379 e. The normalized spacial score (nSPS) is 19.7. The largest absolute Gasteiger partial charge is 0.379 e. The second-order valence-corrected chi connectivity index (χ2v) is 4.04. The molecule has 1 N–H and O–H groups in total. The number of rotatable bonds is 2. The molecule has 1 aliphatic rings. The Bertz CT molecular complexity index is 366. The summed E-state index contributed by atoms with van der Waals surface area (Å²) in [5.74, 6) is 0. The minimum atomic E-state index is -0.272. The van der Waals surface area contributed by atoms with Crippen molar-refractivity contribution in [1.82, 2.24) is 14.9 Å². The van der Waals surface area contributed by atoms with Gasteiger partial charge in [0.2, 0.25) is 0 Å². The highest BCUT2D eigenvalue weighted by molar-refractivity contribution is 9.10. The van der Waals surface area contributed by atoms with Crippen LogP contribution in [-0.4, -0.2) is 41.2 Å². The summed E-state index contributed by atoms with van der Waals surface area (Å²) in [6.07, 6.45) is 1.59. The van der Waals surface area contributed by atoms with Crippen LogP contribution < -0.4 is 0 Å². The quantitative estimate of drug-likeness (QED) is 0.873. The maximum absolute atomic E-state index is 9.17. The molecule has 0 bridgehead atoms.